The molecule has 0 heterocycles. The molecule has 0 aliphatic carbocycles. The van der Waals surface area contributed by atoms with Gasteiger partial charge in [-0.3, -0.25) is 0 Å². The molecule has 0 spiro atoms. The zero-order chi connectivity index (χ0) is 15.8. The lowest BCUT2D eigenvalue weighted by Gasteiger charge is -2.17. The molecule has 124 valence electrons. The molecule has 0 fully saturated rings. The van der Waals surface area contributed by atoms with Gasteiger partial charge in [-0.25, -0.2) is 0 Å². The Kier molecular flexibility index (Phi) is 8.41. The summed E-state index contributed by atoms with van der Waals surface area (Å²) in [5, 5.41) is 12.5. The second-order valence-electron chi connectivity index (χ2n) is 5.36. The van der Waals surface area contributed by atoms with Crippen LogP contribution in [-0.4, -0.2) is 24.8 Å². The maximum atomic E-state index is 10.4. The number of methoxy groups -OCH3 is 1. The van der Waals surface area contributed by atoms with E-state index in [0.29, 0.717) is 0 Å². The van der Waals surface area contributed by atoms with Gasteiger partial charge in [0.15, 0.2) is 0 Å². The van der Waals surface area contributed by atoms with Crippen molar-refractivity contribution < 1.29 is 27.6 Å². The minimum absolute atomic E-state index is 0. The Morgan fingerprint density at radius 2 is 1.74 bits per heavy atom. The Labute approximate surface area is 144 Å². The average molecular weight is 334 g/mol. The number of nitrogens with two attached hydrogens (primary N) is 1. The highest BCUT2D eigenvalue weighted by Crippen LogP contribution is 2.18. The summed E-state index contributed by atoms with van der Waals surface area (Å²) in [4.78, 5) is 0. The van der Waals surface area contributed by atoms with Gasteiger partial charge in [-0.05, 0) is 36.3 Å². The van der Waals surface area contributed by atoms with Crippen molar-refractivity contribution in [1.29, 1.82) is 0 Å². The summed E-state index contributed by atoms with van der Waals surface area (Å²) in [5.41, 5.74) is 2.11. The zero-order valence-corrected chi connectivity index (χ0v) is 14.3. The lowest BCUT2D eigenvalue weighted by molar-refractivity contribution is -0.686. The summed E-state index contributed by atoms with van der Waals surface area (Å²) in [5.74, 6) is 0.804. The summed E-state index contributed by atoms with van der Waals surface area (Å²) in [6.45, 7) is 2.87. The van der Waals surface area contributed by atoms with Gasteiger partial charge >= 0.3 is 0 Å². The average Bonchev–Trinajstić information content (AvgIpc) is 2.59. The molecule has 0 bridgehead atoms. The third-order valence-electron chi connectivity index (χ3n) is 3.71. The number of halogens is 1. The van der Waals surface area contributed by atoms with Crippen molar-refractivity contribution in [2.75, 3.05) is 13.7 Å². The largest absolute Gasteiger partial charge is 1.00 e. The molecule has 0 amide bonds. The smallest absolute Gasteiger partial charge is 0.130 e. The van der Waals surface area contributed by atoms with E-state index in [9.17, 15) is 5.11 Å². The maximum Gasteiger partial charge on any atom is 0.130 e. The zero-order valence-electron chi connectivity index (χ0n) is 13.5. The number of aliphatic hydroxyl groups is 1. The van der Waals surface area contributed by atoms with Crippen molar-refractivity contribution >= 4 is 6.08 Å². The molecule has 0 aliphatic rings. The summed E-state index contributed by atoms with van der Waals surface area (Å²) >= 11 is 0. The van der Waals surface area contributed by atoms with Gasteiger partial charge in [0, 0.05) is 0 Å². The first-order chi connectivity index (χ1) is 10.7. The van der Waals surface area contributed by atoms with Crippen molar-refractivity contribution in [2.45, 2.75) is 19.1 Å². The quantitative estimate of drug-likeness (QED) is 0.711. The Bertz CT molecular complexity index is 584. The predicted molar refractivity (Wildman–Crippen MR) is 89.7 cm³/mol. The Morgan fingerprint density at radius 3 is 2.35 bits per heavy atom. The molecule has 3 N–H and O–H groups in total. The minimum atomic E-state index is -0.490. The van der Waals surface area contributed by atoms with Crippen LogP contribution in [0.2, 0.25) is 0 Å². The molecular weight excluding hydrogens is 310 g/mol. The van der Waals surface area contributed by atoms with Gasteiger partial charge in [0.25, 0.3) is 0 Å². The molecule has 4 heteroatoms. The number of ether oxygens (including phenoxy) is 1. The van der Waals surface area contributed by atoms with Crippen molar-refractivity contribution in [3.05, 3.63) is 71.8 Å². The first-order valence-electron chi connectivity index (χ1n) is 7.57. The van der Waals surface area contributed by atoms with Gasteiger partial charge in [0.1, 0.15) is 17.9 Å². The second-order valence-corrected chi connectivity index (χ2v) is 5.36. The Balaban J connectivity index is 0.00000264. The highest BCUT2D eigenvalue weighted by molar-refractivity contribution is 5.48. The van der Waals surface area contributed by atoms with Crippen LogP contribution in [0.15, 0.2) is 60.7 Å². The number of benzene rings is 2. The molecule has 2 aromatic rings. The monoisotopic (exact) mass is 333 g/mol. The lowest BCUT2D eigenvalue weighted by atomic mass is 10.0. The van der Waals surface area contributed by atoms with Crippen LogP contribution in [0.1, 0.15) is 24.2 Å². The van der Waals surface area contributed by atoms with E-state index in [1.165, 1.54) is 5.56 Å². The van der Waals surface area contributed by atoms with Crippen LogP contribution in [0.25, 0.3) is 6.08 Å². The topological polar surface area (TPSA) is 46.1 Å². The molecular formula is C19H24ClNO2. The standard InChI is InChI=1S/C19H23NO2.ClH/c1-15(19(21)17-10-12-18(22-2)13-11-17)20-14-6-9-16-7-4-3-5-8-16;/h3-13,15,19-21H,14H2,1-2H3;1H/b9-6+;. The maximum absolute atomic E-state index is 10.4. The van der Waals surface area contributed by atoms with Crippen molar-refractivity contribution in [2.24, 2.45) is 0 Å². The summed E-state index contributed by atoms with van der Waals surface area (Å²) < 4.78 is 5.13. The highest BCUT2D eigenvalue weighted by atomic mass is 35.5. The van der Waals surface area contributed by atoms with Gasteiger partial charge in [0.05, 0.1) is 13.7 Å². The van der Waals surface area contributed by atoms with E-state index in [-0.39, 0.29) is 18.4 Å². The fourth-order valence-corrected chi connectivity index (χ4v) is 2.30. The van der Waals surface area contributed by atoms with Crippen molar-refractivity contribution in [3.63, 3.8) is 0 Å². The van der Waals surface area contributed by atoms with Crippen molar-refractivity contribution in [1.82, 2.24) is 0 Å². The number of hydrogen-bond donors (Lipinski definition) is 2. The van der Waals surface area contributed by atoms with E-state index in [4.69, 9.17) is 4.74 Å². The van der Waals surface area contributed by atoms with Gasteiger partial charge in [-0.15, -0.1) is 0 Å². The fraction of sp³-hybridized carbons (Fsp3) is 0.263. The molecule has 2 aromatic carbocycles. The molecule has 0 aliphatic heterocycles. The van der Waals surface area contributed by atoms with Gasteiger partial charge in [-0.2, -0.15) is 0 Å². The SMILES string of the molecule is COc1ccc(C(O)C(C)[NH2+]C/C=C/c2ccccc2)cc1.[Cl-]. The normalized spacial score (nSPS) is 13.3. The summed E-state index contributed by atoms with van der Waals surface area (Å²) in [6, 6.07) is 17.9. The van der Waals surface area contributed by atoms with E-state index in [1.807, 2.05) is 49.4 Å². The minimum Gasteiger partial charge on any atom is -1.00 e. The molecule has 2 unspecified atom stereocenters. The Morgan fingerprint density at radius 1 is 1.09 bits per heavy atom. The summed E-state index contributed by atoms with van der Waals surface area (Å²) in [7, 11) is 1.64. The second kappa shape index (κ2) is 10.1. The van der Waals surface area contributed by atoms with Crippen LogP contribution < -0.4 is 22.5 Å². The third kappa shape index (κ3) is 6.06. The van der Waals surface area contributed by atoms with E-state index in [1.54, 1.807) is 7.11 Å². The van der Waals surface area contributed by atoms with Crippen LogP contribution >= 0.6 is 0 Å². The molecule has 2 atom stereocenters. The number of rotatable bonds is 7. The third-order valence-corrected chi connectivity index (χ3v) is 3.71. The van der Waals surface area contributed by atoms with E-state index < -0.39 is 6.10 Å². The highest BCUT2D eigenvalue weighted by Gasteiger charge is 2.18. The molecule has 0 radical (unpaired) electrons. The van der Waals surface area contributed by atoms with Crippen molar-refractivity contribution in [3.8, 4) is 5.75 Å². The first kappa shape index (κ1) is 19.2. The van der Waals surface area contributed by atoms with Crippen LogP contribution in [-0.2, 0) is 0 Å². The van der Waals surface area contributed by atoms with Crippen LogP contribution in [0.3, 0.4) is 0 Å². The molecule has 0 aromatic heterocycles. The Hall–Kier alpha value is -1.81. The summed E-state index contributed by atoms with van der Waals surface area (Å²) in [6.07, 6.45) is 3.73. The number of hydrogen-bond acceptors (Lipinski definition) is 2. The van der Waals surface area contributed by atoms with E-state index in [2.05, 4.69) is 29.6 Å². The first-order valence-corrected chi connectivity index (χ1v) is 7.57. The van der Waals surface area contributed by atoms with Gasteiger partial charge in [0.2, 0.25) is 0 Å². The van der Waals surface area contributed by atoms with Crippen LogP contribution in [0.5, 0.6) is 5.75 Å². The molecule has 2 rings (SSSR count). The molecule has 0 saturated carbocycles. The predicted octanol–water partition coefficient (Wildman–Crippen LogP) is -0.602. The van der Waals surface area contributed by atoms with E-state index in [0.717, 1.165) is 17.9 Å². The van der Waals surface area contributed by atoms with Gasteiger partial charge < -0.3 is 27.6 Å². The van der Waals surface area contributed by atoms with Crippen LogP contribution in [0.4, 0.5) is 0 Å². The molecule has 3 nitrogen and oxygen atoms in total. The lowest BCUT2D eigenvalue weighted by Crippen LogP contribution is -3.00. The fourth-order valence-electron chi connectivity index (χ4n) is 2.30. The molecule has 23 heavy (non-hydrogen) atoms. The van der Waals surface area contributed by atoms with Crippen LogP contribution in [0, 0.1) is 0 Å². The van der Waals surface area contributed by atoms with Gasteiger partial charge in [-0.1, -0.05) is 48.5 Å². The number of aliphatic hydroxyl groups excluding tert-OH is 1. The number of quaternary nitrogens is 1. The molecule has 0 saturated heterocycles. The van der Waals surface area contributed by atoms with E-state index >= 15 is 0 Å².